The molecule has 0 aromatic heterocycles. The lowest BCUT2D eigenvalue weighted by Gasteiger charge is -2.26. The van der Waals surface area contributed by atoms with E-state index in [1.807, 2.05) is 0 Å². The number of aromatic hydroxyl groups is 1. The molecule has 8 heteroatoms. The van der Waals surface area contributed by atoms with Crippen molar-refractivity contribution >= 4 is 57.1 Å². The Morgan fingerprint density at radius 3 is 2.60 bits per heavy atom. The number of urea groups is 1. The van der Waals surface area contributed by atoms with E-state index in [1.165, 1.54) is 24.3 Å². The molecule has 0 saturated carbocycles. The van der Waals surface area contributed by atoms with Crippen molar-refractivity contribution in [3.8, 4) is 5.75 Å². The number of benzene rings is 2. The van der Waals surface area contributed by atoms with Gasteiger partial charge in [-0.3, -0.25) is 14.9 Å². The molecule has 2 aromatic rings. The second-order valence-corrected chi connectivity index (χ2v) is 6.49. The lowest BCUT2D eigenvalue weighted by atomic mass is 10.1. The van der Waals surface area contributed by atoms with Gasteiger partial charge in [-0.2, -0.15) is 0 Å². The Labute approximate surface area is 155 Å². The van der Waals surface area contributed by atoms with Gasteiger partial charge in [-0.05, 0) is 42.5 Å². The van der Waals surface area contributed by atoms with E-state index in [4.69, 9.17) is 11.6 Å². The highest BCUT2D eigenvalue weighted by atomic mass is 79.9. The van der Waals surface area contributed by atoms with Crippen LogP contribution in [0.15, 0.2) is 52.5 Å². The van der Waals surface area contributed by atoms with Crippen LogP contribution < -0.4 is 10.2 Å². The van der Waals surface area contributed by atoms with E-state index in [-0.39, 0.29) is 22.6 Å². The number of imide groups is 2. The van der Waals surface area contributed by atoms with Crippen LogP contribution >= 0.6 is 27.5 Å². The van der Waals surface area contributed by atoms with Gasteiger partial charge in [0, 0.05) is 15.1 Å². The third kappa shape index (κ3) is 3.42. The van der Waals surface area contributed by atoms with E-state index in [9.17, 15) is 19.5 Å². The lowest BCUT2D eigenvalue weighted by molar-refractivity contribution is -0.122. The highest BCUT2D eigenvalue weighted by Crippen LogP contribution is 2.27. The van der Waals surface area contributed by atoms with Crippen LogP contribution in [-0.2, 0) is 9.59 Å². The SMILES string of the molecule is O=C1NC(=O)N(c2cccc(Cl)c2)C(=O)/C1=C/c1cc(Br)ccc1O. The first-order chi connectivity index (χ1) is 11.9. The van der Waals surface area contributed by atoms with Gasteiger partial charge in [0.2, 0.25) is 0 Å². The number of halogens is 2. The predicted molar refractivity (Wildman–Crippen MR) is 96.3 cm³/mol. The fourth-order valence-corrected chi connectivity index (χ4v) is 2.87. The number of hydrogen-bond acceptors (Lipinski definition) is 4. The normalized spacial score (nSPS) is 16.3. The lowest BCUT2D eigenvalue weighted by Crippen LogP contribution is -2.54. The molecule has 0 spiro atoms. The Bertz CT molecular complexity index is 942. The van der Waals surface area contributed by atoms with Gasteiger partial charge in [0.15, 0.2) is 0 Å². The van der Waals surface area contributed by atoms with E-state index < -0.39 is 17.8 Å². The maximum Gasteiger partial charge on any atom is 0.335 e. The number of amides is 4. The minimum Gasteiger partial charge on any atom is -0.507 e. The molecule has 0 radical (unpaired) electrons. The van der Waals surface area contributed by atoms with Gasteiger partial charge >= 0.3 is 6.03 Å². The van der Waals surface area contributed by atoms with Crippen molar-refractivity contribution in [3.63, 3.8) is 0 Å². The number of nitrogens with zero attached hydrogens (tertiary/aromatic N) is 1. The summed E-state index contributed by atoms with van der Waals surface area (Å²) >= 11 is 9.16. The molecule has 0 atom stereocenters. The third-order valence-corrected chi connectivity index (χ3v) is 4.19. The molecule has 25 heavy (non-hydrogen) atoms. The Balaban J connectivity index is 2.07. The van der Waals surface area contributed by atoms with Crippen molar-refractivity contribution in [1.82, 2.24) is 5.32 Å². The van der Waals surface area contributed by atoms with Gasteiger partial charge in [-0.1, -0.05) is 33.6 Å². The first kappa shape index (κ1) is 17.2. The van der Waals surface area contributed by atoms with Crippen molar-refractivity contribution in [3.05, 3.63) is 63.1 Å². The van der Waals surface area contributed by atoms with Crippen LogP contribution in [0.5, 0.6) is 5.75 Å². The summed E-state index contributed by atoms with van der Waals surface area (Å²) in [4.78, 5) is 37.7. The topological polar surface area (TPSA) is 86.7 Å². The van der Waals surface area contributed by atoms with Crippen molar-refractivity contribution in [1.29, 1.82) is 0 Å². The molecule has 1 aliphatic rings. The first-order valence-corrected chi connectivity index (χ1v) is 8.19. The van der Waals surface area contributed by atoms with E-state index >= 15 is 0 Å². The Morgan fingerprint density at radius 1 is 1.12 bits per heavy atom. The average Bonchev–Trinajstić information content (AvgIpc) is 2.54. The van der Waals surface area contributed by atoms with E-state index in [0.29, 0.717) is 9.50 Å². The Hall–Kier alpha value is -2.64. The summed E-state index contributed by atoms with van der Waals surface area (Å²) in [5.74, 6) is -1.76. The first-order valence-electron chi connectivity index (χ1n) is 7.02. The standard InChI is InChI=1S/C17H10BrClN2O4/c18-10-4-5-14(22)9(6-10)7-13-15(23)20-17(25)21(16(13)24)12-3-1-2-11(19)8-12/h1-8,22H,(H,20,23,25)/b13-7+. The number of carbonyl (C=O) groups is 3. The summed E-state index contributed by atoms with van der Waals surface area (Å²) in [6.45, 7) is 0. The van der Waals surface area contributed by atoms with Crippen molar-refractivity contribution in [2.45, 2.75) is 0 Å². The number of carbonyl (C=O) groups excluding carboxylic acids is 3. The molecule has 6 nitrogen and oxygen atoms in total. The predicted octanol–water partition coefficient (Wildman–Crippen LogP) is 3.47. The summed E-state index contributed by atoms with van der Waals surface area (Å²) in [6.07, 6.45) is 1.22. The van der Waals surface area contributed by atoms with Gasteiger partial charge in [-0.25, -0.2) is 9.69 Å². The molecular weight excluding hydrogens is 412 g/mol. The number of phenols is 1. The van der Waals surface area contributed by atoms with Gasteiger partial charge in [0.25, 0.3) is 11.8 Å². The molecule has 2 aromatic carbocycles. The maximum atomic E-state index is 12.7. The summed E-state index contributed by atoms with van der Waals surface area (Å²) in [5.41, 5.74) is 0.202. The molecular formula is C17H10BrClN2O4. The molecule has 1 saturated heterocycles. The van der Waals surface area contributed by atoms with Gasteiger partial charge in [-0.15, -0.1) is 0 Å². The molecule has 2 N–H and O–H groups in total. The molecule has 126 valence electrons. The summed E-state index contributed by atoms with van der Waals surface area (Å²) in [6, 6.07) is 9.84. The van der Waals surface area contributed by atoms with Crippen LogP contribution in [0.2, 0.25) is 5.02 Å². The fourth-order valence-electron chi connectivity index (χ4n) is 2.30. The summed E-state index contributed by atoms with van der Waals surface area (Å²) in [7, 11) is 0. The number of anilines is 1. The van der Waals surface area contributed by atoms with Crippen molar-refractivity contribution in [2.24, 2.45) is 0 Å². The van der Waals surface area contributed by atoms with E-state index in [0.717, 1.165) is 4.90 Å². The minimum absolute atomic E-state index is 0.109. The molecule has 0 unspecified atom stereocenters. The van der Waals surface area contributed by atoms with E-state index in [2.05, 4.69) is 21.2 Å². The van der Waals surface area contributed by atoms with E-state index in [1.54, 1.807) is 24.3 Å². The van der Waals surface area contributed by atoms with Crippen molar-refractivity contribution in [2.75, 3.05) is 4.90 Å². The highest BCUT2D eigenvalue weighted by molar-refractivity contribution is 9.10. The van der Waals surface area contributed by atoms with Crippen LogP contribution in [0, 0.1) is 0 Å². The number of nitrogens with one attached hydrogen (secondary N) is 1. The zero-order chi connectivity index (χ0) is 18.1. The van der Waals surface area contributed by atoms with Crippen molar-refractivity contribution < 1.29 is 19.5 Å². The quantitative estimate of drug-likeness (QED) is 0.574. The molecule has 1 heterocycles. The Kier molecular flexibility index (Phi) is 4.61. The smallest absolute Gasteiger partial charge is 0.335 e. The van der Waals surface area contributed by atoms with Gasteiger partial charge in [0.05, 0.1) is 5.69 Å². The second-order valence-electron chi connectivity index (χ2n) is 5.14. The third-order valence-electron chi connectivity index (χ3n) is 3.46. The maximum absolute atomic E-state index is 12.7. The number of phenolic OH excluding ortho intramolecular Hbond substituents is 1. The van der Waals surface area contributed by atoms with Crippen LogP contribution in [0.3, 0.4) is 0 Å². The molecule has 1 fully saturated rings. The largest absolute Gasteiger partial charge is 0.507 e. The van der Waals surface area contributed by atoms with Crippen LogP contribution in [0.4, 0.5) is 10.5 Å². The summed E-state index contributed by atoms with van der Waals surface area (Å²) in [5, 5.41) is 12.3. The molecule has 3 rings (SSSR count). The van der Waals surface area contributed by atoms with Crippen LogP contribution in [0.25, 0.3) is 6.08 Å². The average molecular weight is 422 g/mol. The number of rotatable bonds is 2. The van der Waals surface area contributed by atoms with Crippen LogP contribution in [-0.4, -0.2) is 23.0 Å². The van der Waals surface area contributed by atoms with Gasteiger partial charge in [0.1, 0.15) is 11.3 Å². The van der Waals surface area contributed by atoms with Crippen LogP contribution in [0.1, 0.15) is 5.56 Å². The summed E-state index contributed by atoms with van der Waals surface area (Å²) < 4.78 is 0.656. The molecule has 1 aliphatic heterocycles. The molecule has 0 bridgehead atoms. The minimum atomic E-state index is -0.868. The highest BCUT2D eigenvalue weighted by Gasteiger charge is 2.37. The molecule has 4 amide bonds. The molecule has 0 aliphatic carbocycles. The second kappa shape index (κ2) is 6.70. The number of hydrogen-bond donors (Lipinski definition) is 2. The Morgan fingerprint density at radius 2 is 1.88 bits per heavy atom. The fraction of sp³-hybridized carbons (Fsp3) is 0. The zero-order valence-electron chi connectivity index (χ0n) is 12.5. The monoisotopic (exact) mass is 420 g/mol. The zero-order valence-corrected chi connectivity index (χ0v) is 14.8. The van der Waals surface area contributed by atoms with Gasteiger partial charge < -0.3 is 5.11 Å². The number of barbiturate groups is 1.